The predicted octanol–water partition coefficient (Wildman–Crippen LogP) is 3.99. The minimum atomic E-state index is -0.845. The predicted molar refractivity (Wildman–Crippen MR) is 118 cm³/mol. The maximum atomic E-state index is 12.2. The lowest BCUT2D eigenvalue weighted by atomic mass is 10.1. The molecule has 0 aromatic heterocycles. The lowest BCUT2D eigenvalue weighted by Gasteiger charge is -2.11. The van der Waals surface area contributed by atoms with Crippen LogP contribution in [0.1, 0.15) is 5.56 Å². The largest absolute Gasteiger partial charge is 0.451 e. The van der Waals surface area contributed by atoms with Crippen LogP contribution in [0.2, 0.25) is 0 Å². The number of rotatable bonds is 6. The summed E-state index contributed by atoms with van der Waals surface area (Å²) in [5.41, 5.74) is 2.12. The Labute approximate surface area is 175 Å². The Morgan fingerprint density at radius 2 is 1.73 bits per heavy atom. The summed E-state index contributed by atoms with van der Waals surface area (Å²) in [4.78, 5) is 26.3. The monoisotopic (exact) mass is 399 g/mol. The maximum absolute atomic E-state index is 12.2. The molecule has 3 rings (SSSR count). The van der Waals surface area contributed by atoms with Crippen molar-refractivity contribution in [3.05, 3.63) is 77.9 Å². The lowest BCUT2D eigenvalue weighted by Crippen LogP contribution is -2.21. The number of carbonyl (C=O) groups is 2. The second-order valence-electron chi connectivity index (χ2n) is 6.84. The highest BCUT2D eigenvalue weighted by atomic mass is 16.5. The molecule has 0 saturated heterocycles. The number of nitrogens with zero attached hydrogens (tertiary/aromatic N) is 2. The first-order valence-electron chi connectivity index (χ1n) is 9.31. The van der Waals surface area contributed by atoms with Gasteiger partial charge in [0, 0.05) is 25.5 Å². The highest BCUT2D eigenvalue weighted by molar-refractivity contribution is 6.00. The summed E-state index contributed by atoms with van der Waals surface area (Å²) in [7, 11) is 3.85. The molecule has 0 saturated carbocycles. The topological polar surface area (TPSA) is 82.4 Å². The van der Waals surface area contributed by atoms with E-state index in [4.69, 9.17) is 4.74 Å². The van der Waals surface area contributed by atoms with E-state index in [1.54, 1.807) is 18.2 Å². The molecule has 0 spiro atoms. The zero-order chi connectivity index (χ0) is 21.5. The second kappa shape index (κ2) is 9.39. The van der Waals surface area contributed by atoms with E-state index >= 15 is 0 Å². The van der Waals surface area contributed by atoms with Crippen molar-refractivity contribution in [1.82, 2.24) is 0 Å². The Kier molecular flexibility index (Phi) is 6.46. The third-order valence-corrected chi connectivity index (χ3v) is 4.43. The van der Waals surface area contributed by atoms with Crippen LogP contribution in [-0.4, -0.2) is 32.6 Å². The van der Waals surface area contributed by atoms with Gasteiger partial charge >= 0.3 is 5.97 Å². The van der Waals surface area contributed by atoms with E-state index < -0.39 is 18.5 Å². The number of benzene rings is 3. The molecule has 6 nitrogen and oxygen atoms in total. The van der Waals surface area contributed by atoms with E-state index in [0.29, 0.717) is 11.3 Å². The second-order valence-corrected chi connectivity index (χ2v) is 6.84. The summed E-state index contributed by atoms with van der Waals surface area (Å²) in [6.07, 6.45) is 1.43. The van der Waals surface area contributed by atoms with Crippen molar-refractivity contribution in [2.45, 2.75) is 0 Å². The van der Waals surface area contributed by atoms with Gasteiger partial charge in [0.25, 0.3) is 5.91 Å². The summed E-state index contributed by atoms with van der Waals surface area (Å²) in [6, 6.07) is 22.5. The Morgan fingerprint density at radius 3 is 2.40 bits per heavy atom. The van der Waals surface area contributed by atoms with Crippen molar-refractivity contribution in [1.29, 1.82) is 5.26 Å². The van der Waals surface area contributed by atoms with Crippen molar-refractivity contribution in [3.8, 4) is 6.07 Å². The van der Waals surface area contributed by atoms with E-state index in [2.05, 4.69) is 5.32 Å². The normalized spacial score (nSPS) is 10.9. The molecule has 150 valence electrons. The molecule has 3 aromatic carbocycles. The van der Waals surface area contributed by atoms with Gasteiger partial charge in [0.2, 0.25) is 0 Å². The average Bonchev–Trinajstić information content (AvgIpc) is 2.76. The quantitative estimate of drug-likeness (QED) is 0.385. The van der Waals surface area contributed by atoms with Crippen LogP contribution >= 0.6 is 0 Å². The van der Waals surface area contributed by atoms with Crippen molar-refractivity contribution < 1.29 is 14.3 Å². The number of amides is 1. The van der Waals surface area contributed by atoms with Crippen LogP contribution in [-0.2, 0) is 14.3 Å². The van der Waals surface area contributed by atoms with Crippen LogP contribution in [0.25, 0.3) is 16.8 Å². The molecule has 30 heavy (non-hydrogen) atoms. The van der Waals surface area contributed by atoms with Gasteiger partial charge in [-0.1, -0.05) is 42.5 Å². The van der Waals surface area contributed by atoms with Crippen molar-refractivity contribution >= 4 is 40.1 Å². The molecule has 0 atom stereocenters. The van der Waals surface area contributed by atoms with Gasteiger partial charge in [0.15, 0.2) is 6.61 Å². The summed E-state index contributed by atoms with van der Waals surface area (Å²) in [5, 5.41) is 14.0. The lowest BCUT2D eigenvalue weighted by molar-refractivity contribution is -0.142. The van der Waals surface area contributed by atoms with Gasteiger partial charge in [0.05, 0.1) is 0 Å². The van der Waals surface area contributed by atoms with Gasteiger partial charge in [-0.05, 0) is 46.7 Å². The zero-order valence-corrected chi connectivity index (χ0v) is 16.8. The molecule has 3 aromatic rings. The molecule has 0 radical (unpaired) electrons. The molecule has 1 N–H and O–H groups in total. The van der Waals surface area contributed by atoms with Crippen molar-refractivity contribution in [3.63, 3.8) is 0 Å². The van der Waals surface area contributed by atoms with Crippen LogP contribution < -0.4 is 10.2 Å². The van der Waals surface area contributed by atoms with Gasteiger partial charge in [0.1, 0.15) is 11.6 Å². The van der Waals surface area contributed by atoms with E-state index in [1.165, 1.54) is 6.08 Å². The van der Waals surface area contributed by atoms with Crippen LogP contribution in [0.4, 0.5) is 11.4 Å². The number of fused-ring (bicyclic) bond motifs is 1. The minimum absolute atomic E-state index is 0.175. The summed E-state index contributed by atoms with van der Waals surface area (Å²) in [5.74, 6) is -1.32. The van der Waals surface area contributed by atoms with Crippen LogP contribution in [0.5, 0.6) is 0 Å². The van der Waals surface area contributed by atoms with Crippen LogP contribution in [0, 0.1) is 11.3 Å². The minimum Gasteiger partial charge on any atom is -0.451 e. The summed E-state index contributed by atoms with van der Waals surface area (Å²) in [6.45, 7) is -0.482. The van der Waals surface area contributed by atoms with Gasteiger partial charge in [-0.3, -0.25) is 4.79 Å². The number of carbonyl (C=O) groups excluding carboxylic acids is 2. The number of ether oxygens (including phenoxy) is 1. The van der Waals surface area contributed by atoms with E-state index in [0.717, 1.165) is 16.5 Å². The fourth-order valence-electron chi connectivity index (χ4n) is 2.85. The molecule has 0 bridgehead atoms. The summed E-state index contributed by atoms with van der Waals surface area (Å²) >= 11 is 0. The molecular weight excluding hydrogens is 378 g/mol. The van der Waals surface area contributed by atoms with Gasteiger partial charge in [-0.25, -0.2) is 4.79 Å². The molecule has 0 aliphatic rings. The number of anilines is 2. The number of esters is 1. The van der Waals surface area contributed by atoms with Crippen molar-refractivity contribution in [2.24, 2.45) is 0 Å². The number of nitriles is 1. The molecular formula is C24H21N3O3. The zero-order valence-electron chi connectivity index (χ0n) is 16.8. The van der Waals surface area contributed by atoms with Crippen molar-refractivity contribution in [2.75, 3.05) is 30.9 Å². The molecule has 0 fully saturated rings. The maximum Gasteiger partial charge on any atom is 0.349 e. The smallest absolute Gasteiger partial charge is 0.349 e. The summed E-state index contributed by atoms with van der Waals surface area (Å²) < 4.78 is 5.00. The Balaban J connectivity index is 1.59. The SMILES string of the molecule is CN(C)c1ccc(/C=C(\C#N)C(=O)OCC(=O)Nc2ccc3ccccc3c2)cc1. The number of hydrogen-bond donors (Lipinski definition) is 1. The van der Waals surface area contributed by atoms with E-state index in [9.17, 15) is 14.9 Å². The highest BCUT2D eigenvalue weighted by Crippen LogP contribution is 2.19. The first-order chi connectivity index (χ1) is 14.5. The highest BCUT2D eigenvalue weighted by Gasteiger charge is 2.13. The number of nitrogens with one attached hydrogen (secondary N) is 1. The first kappa shape index (κ1) is 20.6. The van der Waals surface area contributed by atoms with Crippen LogP contribution in [0.15, 0.2) is 72.3 Å². The molecule has 6 heteroatoms. The first-order valence-corrected chi connectivity index (χ1v) is 9.31. The molecule has 0 aliphatic heterocycles. The molecule has 0 aliphatic carbocycles. The molecule has 1 amide bonds. The van der Waals surface area contributed by atoms with E-state index in [1.807, 2.05) is 73.6 Å². The standard InChI is InChI=1S/C24H21N3O3/c1-27(2)22-11-7-17(8-12-22)13-20(15-25)24(29)30-16-23(28)26-21-10-9-18-5-3-4-6-19(18)14-21/h3-14H,16H2,1-2H3,(H,26,28)/b20-13+. The van der Waals surface area contributed by atoms with Gasteiger partial charge in [-0.15, -0.1) is 0 Å². The van der Waals surface area contributed by atoms with Gasteiger partial charge < -0.3 is 15.0 Å². The average molecular weight is 399 g/mol. The Bertz CT molecular complexity index is 1140. The van der Waals surface area contributed by atoms with E-state index in [-0.39, 0.29) is 5.57 Å². The third-order valence-electron chi connectivity index (χ3n) is 4.43. The fourth-order valence-corrected chi connectivity index (χ4v) is 2.85. The molecule has 0 heterocycles. The Hall–Kier alpha value is -4.11. The van der Waals surface area contributed by atoms with Crippen LogP contribution in [0.3, 0.4) is 0 Å². The Morgan fingerprint density at radius 1 is 1.03 bits per heavy atom. The van der Waals surface area contributed by atoms with Gasteiger partial charge in [-0.2, -0.15) is 5.26 Å². The molecule has 0 unspecified atom stereocenters. The fraction of sp³-hybridized carbons (Fsp3) is 0.125. The third kappa shape index (κ3) is 5.24. The number of hydrogen-bond acceptors (Lipinski definition) is 5.